The maximum atomic E-state index is 8.37. The molecule has 1 rings (SSSR count). The number of rotatable bonds is 2. The number of aromatic nitrogens is 1. The van der Waals surface area contributed by atoms with Crippen molar-refractivity contribution in [3.63, 3.8) is 0 Å². The molecule has 43 valence electrons. The Balaban J connectivity index is 2.50. The molecule has 2 nitrogen and oxygen atoms in total. The lowest BCUT2D eigenvalue weighted by Gasteiger charge is -1.85. The van der Waals surface area contributed by atoms with Crippen molar-refractivity contribution in [3.05, 3.63) is 30.4 Å². The highest BCUT2D eigenvalue weighted by molar-refractivity contribution is 5.17. The quantitative estimate of drug-likeness (QED) is 0.573. The summed E-state index contributed by atoms with van der Waals surface area (Å²) in [4.78, 5) is 2.87. The minimum atomic E-state index is 0.109. The van der Waals surface area contributed by atoms with Crippen molar-refractivity contribution in [3.8, 4) is 0 Å². The van der Waals surface area contributed by atoms with E-state index in [1.165, 1.54) is 0 Å². The third kappa shape index (κ3) is 1.10. The van der Waals surface area contributed by atoms with Crippen LogP contribution in [0.15, 0.2) is 18.5 Å². The van der Waals surface area contributed by atoms with Gasteiger partial charge in [-0.05, 0) is 11.6 Å². The van der Waals surface area contributed by atoms with Crippen LogP contribution in [0, 0.1) is 6.42 Å². The Bertz CT molecular complexity index is 134. The Hall–Kier alpha value is -0.760. The molecule has 0 bridgehead atoms. The minimum Gasteiger partial charge on any atom is -0.396 e. The molecule has 1 aromatic rings. The SMILES string of the molecule is OC[CH]c1cc[nH]c1. The molecule has 0 atom stereocenters. The monoisotopic (exact) mass is 110 g/mol. The Morgan fingerprint density at radius 2 is 2.62 bits per heavy atom. The van der Waals surface area contributed by atoms with Gasteiger partial charge in [0, 0.05) is 18.8 Å². The third-order valence-electron chi connectivity index (χ3n) is 0.949. The van der Waals surface area contributed by atoms with Gasteiger partial charge in [-0.15, -0.1) is 0 Å². The predicted molar refractivity (Wildman–Crippen MR) is 31.3 cm³/mol. The molecule has 0 fully saturated rings. The Labute approximate surface area is 48.2 Å². The first kappa shape index (κ1) is 5.38. The Morgan fingerprint density at radius 3 is 3.12 bits per heavy atom. The van der Waals surface area contributed by atoms with E-state index in [1.807, 2.05) is 18.5 Å². The fourth-order valence-electron chi connectivity index (χ4n) is 0.569. The molecule has 0 saturated carbocycles. The van der Waals surface area contributed by atoms with Crippen molar-refractivity contribution in [2.45, 2.75) is 0 Å². The van der Waals surface area contributed by atoms with E-state index >= 15 is 0 Å². The van der Waals surface area contributed by atoms with E-state index in [9.17, 15) is 0 Å². The van der Waals surface area contributed by atoms with Gasteiger partial charge in [-0.25, -0.2) is 0 Å². The topological polar surface area (TPSA) is 36.0 Å². The largest absolute Gasteiger partial charge is 0.396 e. The first-order valence-electron chi connectivity index (χ1n) is 2.50. The van der Waals surface area contributed by atoms with Crippen LogP contribution in [-0.2, 0) is 0 Å². The fraction of sp³-hybridized carbons (Fsp3) is 0.167. The predicted octanol–water partition coefficient (Wildman–Crippen LogP) is 0.559. The number of aliphatic hydroxyl groups is 1. The summed E-state index contributed by atoms with van der Waals surface area (Å²) in [6.07, 6.45) is 5.38. The zero-order valence-corrected chi connectivity index (χ0v) is 4.46. The fourth-order valence-corrected chi connectivity index (χ4v) is 0.569. The van der Waals surface area contributed by atoms with Crippen LogP contribution >= 0.6 is 0 Å². The number of H-pyrrole nitrogens is 1. The van der Waals surface area contributed by atoms with Gasteiger partial charge in [-0.2, -0.15) is 0 Å². The van der Waals surface area contributed by atoms with Crippen LogP contribution in [0.4, 0.5) is 0 Å². The summed E-state index contributed by atoms with van der Waals surface area (Å²) in [5.41, 5.74) is 1.03. The van der Waals surface area contributed by atoms with E-state index in [0.717, 1.165) is 5.56 Å². The van der Waals surface area contributed by atoms with Crippen molar-refractivity contribution in [1.29, 1.82) is 0 Å². The molecule has 0 saturated heterocycles. The summed E-state index contributed by atoms with van der Waals surface area (Å²) >= 11 is 0. The second-order valence-corrected chi connectivity index (χ2v) is 1.53. The molecule has 0 aliphatic heterocycles. The van der Waals surface area contributed by atoms with Crippen LogP contribution in [0.2, 0.25) is 0 Å². The van der Waals surface area contributed by atoms with Gasteiger partial charge < -0.3 is 10.1 Å². The van der Waals surface area contributed by atoms with Crippen molar-refractivity contribution in [2.75, 3.05) is 6.61 Å². The van der Waals surface area contributed by atoms with Crippen LogP contribution in [-0.4, -0.2) is 16.7 Å². The van der Waals surface area contributed by atoms with Crippen LogP contribution < -0.4 is 0 Å². The van der Waals surface area contributed by atoms with E-state index < -0.39 is 0 Å². The molecule has 1 aromatic heterocycles. The van der Waals surface area contributed by atoms with E-state index in [0.29, 0.717) is 0 Å². The van der Waals surface area contributed by atoms with E-state index in [2.05, 4.69) is 4.98 Å². The number of aliphatic hydroxyl groups excluding tert-OH is 1. The van der Waals surface area contributed by atoms with Gasteiger partial charge in [0.05, 0.1) is 6.61 Å². The molecule has 2 heteroatoms. The molecule has 0 aliphatic carbocycles. The number of aromatic amines is 1. The molecule has 1 radical (unpaired) electrons. The third-order valence-corrected chi connectivity index (χ3v) is 0.949. The summed E-state index contributed by atoms with van der Waals surface area (Å²) in [6, 6.07) is 1.90. The highest BCUT2D eigenvalue weighted by atomic mass is 16.2. The lowest BCUT2D eigenvalue weighted by Crippen LogP contribution is -1.82. The molecular formula is C6H8NO. The van der Waals surface area contributed by atoms with Gasteiger partial charge in [0.1, 0.15) is 0 Å². The molecule has 0 aromatic carbocycles. The molecule has 0 amide bonds. The number of hydrogen-bond acceptors (Lipinski definition) is 1. The first-order chi connectivity index (χ1) is 3.93. The summed E-state index contributed by atoms with van der Waals surface area (Å²) in [6.45, 7) is 0.109. The van der Waals surface area contributed by atoms with Gasteiger partial charge in [-0.3, -0.25) is 0 Å². The first-order valence-corrected chi connectivity index (χ1v) is 2.50. The van der Waals surface area contributed by atoms with Gasteiger partial charge >= 0.3 is 0 Å². The second kappa shape index (κ2) is 2.52. The van der Waals surface area contributed by atoms with Crippen molar-refractivity contribution >= 4 is 0 Å². The summed E-state index contributed by atoms with van der Waals surface area (Å²) < 4.78 is 0. The van der Waals surface area contributed by atoms with Gasteiger partial charge in [0.15, 0.2) is 0 Å². The normalized spacial score (nSPS) is 9.62. The molecule has 0 spiro atoms. The van der Waals surface area contributed by atoms with Gasteiger partial charge in [-0.1, -0.05) is 0 Å². The van der Waals surface area contributed by atoms with Crippen LogP contribution in [0.25, 0.3) is 0 Å². The summed E-state index contributed by atoms with van der Waals surface area (Å²) in [5.74, 6) is 0. The summed E-state index contributed by atoms with van der Waals surface area (Å²) in [5, 5.41) is 8.37. The van der Waals surface area contributed by atoms with Crippen molar-refractivity contribution in [1.82, 2.24) is 4.98 Å². The maximum Gasteiger partial charge on any atom is 0.0507 e. The Morgan fingerprint density at radius 1 is 1.75 bits per heavy atom. The lowest BCUT2D eigenvalue weighted by molar-refractivity contribution is 0.331. The maximum absolute atomic E-state index is 8.37. The van der Waals surface area contributed by atoms with Crippen molar-refractivity contribution in [2.24, 2.45) is 0 Å². The zero-order valence-electron chi connectivity index (χ0n) is 4.46. The van der Waals surface area contributed by atoms with Crippen molar-refractivity contribution < 1.29 is 5.11 Å². The van der Waals surface area contributed by atoms with Crippen LogP contribution in [0.5, 0.6) is 0 Å². The minimum absolute atomic E-state index is 0.109. The van der Waals surface area contributed by atoms with Gasteiger partial charge in [0.25, 0.3) is 0 Å². The smallest absolute Gasteiger partial charge is 0.0507 e. The van der Waals surface area contributed by atoms with Crippen LogP contribution in [0.1, 0.15) is 5.56 Å². The molecule has 0 unspecified atom stereocenters. The highest BCUT2D eigenvalue weighted by Gasteiger charge is 1.87. The second-order valence-electron chi connectivity index (χ2n) is 1.53. The average Bonchev–Trinajstić information content (AvgIpc) is 2.19. The zero-order chi connectivity index (χ0) is 5.82. The molecule has 2 N–H and O–H groups in total. The molecule has 8 heavy (non-hydrogen) atoms. The molecule has 0 aliphatic rings. The highest BCUT2D eigenvalue weighted by Crippen LogP contribution is 1.97. The standard InChI is InChI=1S/C6H8NO/c8-4-2-6-1-3-7-5-6/h1-3,5,7-8H,4H2. The van der Waals surface area contributed by atoms with Crippen LogP contribution in [0.3, 0.4) is 0 Å². The molecular weight excluding hydrogens is 102 g/mol. The Kier molecular flexibility index (Phi) is 1.70. The molecule has 1 heterocycles. The van der Waals surface area contributed by atoms with E-state index in [-0.39, 0.29) is 6.61 Å². The lowest BCUT2D eigenvalue weighted by atomic mass is 10.3. The summed E-state index contributed by atoms with van der Waals surface area (Å²) in [7, 11) is 0. The number of nitrogens with one attached hydrogen (secondary N) is 1. The van der Waals surface area contributed by atoms with E-state index in [4.69, 9.17) is 5.11 Å². The van der Waals surface area contributed by atoms with E-state index in [1.54, 1.807) is 6.42 Å². The average molecular weight is 110 g/mol. The van der Waals surface area contributed by atoms with Gasteiger partial charge in [0.2, 0.25) is 0 Å². The number of hydrogen-bond donors (Lipinski definition) is 2.